The Labute approximate surface area is 173 Å². The summed E-state index contributed by atoms with van der Waals surface area (Å²) < 4.78 is 2.82. The first-order chi connectivity index (χ1) is 13.1. The first kappa shape index (κ1) is 20.4. The van der Waals surface area contributed by atoms with Crippen LogP contribution in [-0.2, 0) is 11.3 Å². The largest absolute Gasteiger partial charge is 0.350 e. The summed E-state index contributed by atoms with van der Waals surface area (Å²) in [6.07, 6.45) is 1.89. The molecule has 1 N–H and O–H groups in total. The molecule has 148 valence electrons. The lowest BCUT2D eigenvalue weighted by molar-refractivity contribution is -0.134. The number of halogens is 2. The third kappa shape index (κ3) is 3.92. The van der Waals surface area contributed by atoms with Gasteiger partial charge in [-0.1, -0.05) is 35.9 Å². The van der Waals surface area contributed by atoms with Gasteiger partial charge in [-0.15, -0.1) is 17.5 Å². The number of aromatic nitrogens is 3. The smallest absolute Gasteiger partial charge is 0.333 e. The number of hydrogen-bond donors (Lipinski definition) is 1. The number of carbonyl (C=O) groups excluding carboxylic acids is 1. The fourth-order valence-electron chi connectivity index (χ4n) is 3.48. The number of rotatable bonds is 4. The fourth-order valence-corrected chi connectivity index (χ4v) is 3.75. The molecule has 0 radical (unpaired) electrons. The van der Waals surface area contributed by atoms with Crippen LogP contribution in [0.3, 0.4) is 0 Å². The summed E-state index contributed by atoms with van der Waals surface area (Å²) in [6, 6.07) is 12.9. The SMILES string of the molecule is Cl.O=C(CCn1nc2ccccn2c1=O)N1CCNCC1c1ccccc1Cl. The van der Waals surface area contributed by atoms with Gasteiger partial charge in [0.2, 0.25) is 5.91 Å². The van der Waals surface area contributed by atoms with E-state index in [0.29, 0.717) is 23.8 Å². The molecule has 0 spiro atoms. The van der Waals surface area contributed by atoms with Gasteiger partial charge in [0.05, 0.1) is 12.6 Å². The van der Waals surface area contributed by atoms with Crippen LogP contribution in [0.1, 0.15) is 18.0 Å². The van der Waals surface area contributed by atoms with Crippen molar-refractivity contribution in [1.29, 1.82) is 0 Å². The van der Waals surface area contributed by atoms with Crippen LogP contribution in [0.5, 0.6) is 0 Å². The molecule has 1 fully saturated rings. The van der Waals surface area contributed by atoms with E-state index in [-0.39, 0.29) is 43.0 Å². The Kier molecular flexibility index (Phi) is 6.39. The third-order valence-corrected chi connectivity index (χ3v) is 5.20. The van der Waals surface area contributed by atoms with Crippen molar-refractivity contribution in [3.63, 3.8) is 0 Å². The molecular formula is C19H21Cl2N5O2. The number of benzene rings is 1. The maximum absolute atomic E-state index is 12.9. The van der Waals surface area contributed by atoms with E-state index in [0.717, 1.165) is 12.1 Å². The van der Waals surface area contributed by atoms with Gasteiger partial charge in [-0.25, -0.2) is 9.48 Å². The highest BCUT2D eigenvalue weighted by atomic mass is 35.5. The lowest BCUT2D eigenvalue weighted by atomic mass is 10.0. The van der Waals surface area contributed by atoms with E-state index in [2.05, 4.69) is 10.4 Å². The minimum Gasteiger partial charge on any atom is -0.333 e. The quantitative estimate of drug-likeness (QED) is 0.700. The Morgan fingerprint density at radius 3 is 2.79 bits per heavy atom. The molecule has 7 nitrogen and oxygen atoms in total. The van der Waals surface area contributed by atoms with Crippen LogP contribution in [0.4, 0.5) is 0 Å². The van der Waals surface area contributed by atoms with Gasteiger partial charge in [0.25, 0.3) is 0 Å². The van der Waals surface area contributed by atoms with Crippen LogP contribution in [0.15, 0.2) is 53.5 Å². The first-order valence-corrected chi connectivity index (χ1v) is 9.32. The summed E-state index contributed by atoms with van der Waals surface area (Å²) in [5.41, 5.74) is 1.28. The molecule has 3 aromatic rings. The number of piperazine rings is 1. The van der Waals surface area contributed by atoms with E-state index in [4.69, 9.17) is 11.6 Å². The van der Waals surface area contributed by atoms with Gasteiger partial charge < -0.3 is 10.2 Å². The second-order valence-corrected chi connectivity index (χ2v) is 6.92. The highest BCUT2D eigenvalue weighted by Gasteiger charge is 2.29. The minimum atomic E-state index is -0.235. The predicted octanol–water partition coefficient (Wildman–Crippen LogP) is 2.13. The van der Waals surface area contributed by atoms with Gasteiger partial charge in [-0.3, -0.25) is 9.20 Å². The highest BCUT2D eigenvalue weighted by molar-refractivity contribution is 6.31. The molecule has 2 aromatic heterocycles. The summed E-state index contributed by atoms with van der Waals surface area (Å²) >= 11 is 6.34. The van der Waals surface area contributed by atoms with Crippen molar-refractivity contribution in [2.24, 2.45) is 0 Å². The van der Waals surface area contributed by atoms with Crippen LogP contribution in [0, 0.1) is 0 Å². The van der Waals surface area contributed by atoms with Crippen molar-refractivity contribution in [2.75, 3.05) is 19.6 Å². The molecule has 0 aliphatic carbocycles. The number of amides is 1. The molecule has 1 aliphatic heterocycles. The summed E-state index contributed by atoms with van der Waals surface area (Å²) in [4.78, 5) is 27.1. The molecular weight excluding hydrogens is 401 g/mol. The van der Waals surface area contributed by atoms with Gasteiger partial charge >= 0.3 is 5.69 Å². The van der Waals surface area contributed by atoms with E-state index >= 15 is 0 Å². The van der Waals surface area contributed by atoms with Crippen molar-refractivity contribution in [2.45, 2.75) is 19.0 Å². The molecule has 1 atom stereocenters. The normalized spacial score (nSPS) is 16.8. The molecule has 9 heteroatoms. The van der Waals surface area contributed by atoms with Crippen LogP contribution in [-0.4, -0.2) is 44.6 Å². The number of hydrogen-bond acceptors (Lipinski definition) is 4. The van der Waals surface area contributed by atoms with E-state index in [1.165, 1.54) is 9.08 Å². The van der Waals surface area contributed by atoms with Crippen molar-refractivity contribution in [3.05, 3.63) is 69.7 Å². The lowest BCUT2D eigenvalue weighted by Crippen LogP contribution is -2.49. The molecule has 0 saturated carbocycles. The molecule has 1 amide bonds. The first-order valence-electron chi connectivity index (χ1n) is 8.94. The maximum atomic E-state index is 12.9. The second kappa shape index (κ2) is 8.77. The van der Waals surface area contributed by atoms with Crippen LogP contribution >= 0.6 is 24.0 Å². The molecule has 1 unspecified atom stereocenters. The van der Waals surface area contributed by atoms with E-state index in [9.17, 15) is 9.59 Å². The molecule has 1 aliphatic rings. The zero-order valence-electron chi connectivity index (χ0n) is 15.1. The zero-order chi connectivity index (χ0) is 18.8. The Bertz CT molecular complexity index is 1030. The monoisotopic (exact) mass is 421 g/mol. The number of fused-ring (bicyclic) bond motifs is 1. The fraction of sp³-hybridized carbons (Fsp3) is 0.316. The van der Waals surface area contributed by atoms with Crippen molar-refractivity contribution >= 4 is 35.6 Å². The molecule has 4 rings (SSSR count). The molecule has 0 bridgehead atoms. The summed E-state index contributed by atoms with van der Waals surface area (Å²) in [5, 5.41) is 8.26. The van der Waals surface area contributed by atoms with Gasteiger partial charge in [0.15, 0.2) is 5.65 Å². The van der Waals surface area contributed by atoms with Crippen LogP contribution in [0.25, 0.3) is 5.65 Å². The lowest BCUT2D eigenvalue weighted by Gasteiger charge is -2.37. The van der Waals surface area contributed by atoms with E-state index in [1.54, 1.807) is 18.3 Å². The number of carbonyl (C=O) groups is 1. The zero-order valence-corrected chi connectivity index (χ0v) is 16.7. The number of pyridine rings is 1. The minimum absolute atomic E-state index is 0. The van der Waals surface area contributed by atoms with Gasteiger partial charge in [-0.2, -0.15) is 0 Å². The van der Waals surface area contributed by atoms with E-state index in [1.807, 2.05) is 35.2 Å². The predicted molar refractivity (Wildman–Crippen MR) is 110 cm³/mol. The Morgan fingerprint density at radius 2 is 2.00 bits per heavy atom. The standard InChI is InChI=1S/C19H20ClN5O2.ClH/c20-15-6-2-1-5-14(15)16-13-21-9-12-23(16)18(26)8-11-25-19(27)24-10-4-3-7-17(24)22-25;/h1-7,10,16,21H,8-9,11-13H2;1H. The van der Waals surface area contributed by atoms with Crippen molar-refractivity contribution in [1.82, 2.24) is 24.4 Å². The highest BCUT2D eigenvalue weighted by Crippen LogP contribution is 2.28. The average Bonchev–Trinajstić information content (AvgIpc) is 3.02. The summed E-state index contributed by atoms with van der Waals surface area (Å²) in [6.45, 7) is 2.25. The third-order valence-electron chi connectivity index (χ3n) is 4.85. The van der Waals surface area contributed by atoms with Gasteiger partial charge in [-0.05, 0) is 23.8 Å². The number of aryl methyl sites for hydroxylation is 1. The van der Waals surface area contributed by atoms with Crippen molar-refractivity contribution in [3.8, 4) is 0 Å². The van der Waals surface area contributed by atoms with Gasteiger partial charge in [0, 0.05) is 37.3 Å². The summed E-state index contributed by atoms with van der Waals surface area (Å²) in [7, 11) is 0. The maximum Gasteiger partial charge on any atom is 0.350 e. The van der Waals surface area contributed by atoms with E-state index < -0.39 is 0 Å². The molecule has 28 heavy (non-hydrogen) atoms. The number of nitrogens with one attached hydrogen (secondary N) is 1. The molecule has 3 heterocycles. The topological polar surface area (TPSA) is 71.6 Å². The average molecular weight is 422 g/mol. The molecule has 1 saturated heterocycles. The molecule has 1 aromatic carbocycles. The summed E-state index contributed by atoms with van der Waals surface area (Å²) in [5.74, 6) is -0.00891. The second-order valence-electron chi connectivity index (χ2n) is 6.51. The van der Waals surface area contributed by atoms with Crippen LogP contribution < -0.4 is 11.0 Å². The Morgan fingerprint density at radius 1 is 1.21 bits per heavy atom. The number of nitrogens with zero attached hydrogens (tertiary/aromatic N) is 4. The van der Waals surface area contributed by atoms with Crippen molar-refractivity contribution < 1.29 is 4.79 Å². The Hall–Kier alpha value is -2.35. The Balaban J connectivity index is 0.00000225. The van der Waals surface area contributed by atoms with Gasteiger partial charge in [0.1, 0.15) is 0 Å². The van der Waals surface area contributed by atoms with Crippen LogP contribution in [0.2, 0.25) is 5.02 Å².